The van der Waals surface area contributed by atoms with Crippen LogP contribution in [0.25, 0.3) is 0 Å². The Bertz CT molecular complexity index is 721. The summed E-state index contributed by atoms with van der Waals surface area (Å²) >= 11 is 0. The van der Waals surface area contributed by atoms with Crippen LogP contribution in [0.15, 0.2) is 54.6 Å². The Morgan fingerprint density at radius 1 is 0.957 bits per heavy atom. The van der Waals surface area contributed by atoms with Crippen LogP contribution in [0.4, 0.5) is 5.69 Å². The van der Waals surface area contributed by atoms with Gasteiger partial charge in [0.2, 0.25) is 11.8 Å². The zero-order valence-electron chi connectivity index (χ0n) is 13.1. The smallest absolute Gasteiger partial charge is 0.240 e. The SMILES string of the molecule is Cc1ccccc1CNC(=O)C1(C(=O)Nc2ccccc2)CC1. The first-order valence-corrected chi connectivity index (χ1v) is 7.81. The molecule has 1 aliphatic rings. The molecule has 0 bridgehead atoms. The van der Waals surface area contributed by atoms with Crippen molar-refractivity contribution < 1.29 is 9.59 Å². The molecule has 0 radical (unpaired) electrons. The summed E-state index contributed by atoms with van der Waals surface area (Å²) in [7, 11) is 0. The highest BCUT2D eigenvalue weighted by Crippen LogP contribution is 2.46. The highest BCUT2D eigenvalue weighted by atomic mass is 16.2. The fraction of sp³-hybridized carbons (Fsp3) is 0.263. The molecule has 1 fully saturated rings. The van der Waals surface area contributed by atoms with Crippen molar-refractivity contribution in [3.63, 3.8) is 0 Å². The number of aryl methyl sites for hydroxylation is 1. The normalized spacial score (nSPS) is 14.8. The molecule has 2 N–H and O–H groups in total. The maximum absolute atomic E-state index is 12.5. The topological polar surface area (TPSA) is 58.2 Å². The van der Waals surface area contributed by atoms with Gasteiger partial charge in [0.25, 0.3) is 0 Å². The first-order valence-electron chi connectivity index (χ1n) is 7.81. The minimum absolute atomic E-state index is 0.186. The third-order valence-electron chi connectivity index (χ3n) is 4.35. The van der Waals surface area contributed by atoms with Crippen LogP contribution in [-0.2, 0) is 16.1 Å². The Morgan fingerprint density at radius 2 is 1.61 bits per heavy atom. The zero-order chi connectivity index (χ0) is 16.3. The van der Waals surface area contributed by atoms with E-state index in [-0.39, 0.29) is 11.8 Å². The Labute approximate surface area is 135 Å². The fourth-order valence-corrected chi connectivity index (χ4v) is 2.61. The number of benzene rings is 2. The van der Waals surface area contributed by atoms with Gasteiger partial charge < -0.3 is 10.6 Å². The molecule has 0 atom stereocenters. The molecule has 23 heavy (non-hydrogen) atoms. The molecule has 2 aromatic carbocycles. The summed E-state index contributed by atoms with van der Waals surface area (Å²) < 4.78 is 0. The van der Waals surface area contributed by atoms with Gasteiger partial charge in [-0.05, 0) is 43.0 Å². The van der Waals surface area contributed by atoms with Gasteiger partial charge in [-0.25, -0.2) is 0 Å². The summed E-state index contributed by atoms with van der Waals surface area (Å²) in [6, 6.07) is 17.1. The molecule has 0 spiro atoms. The lowest BCUT2D eigenvalue weighted by atomic mass is 10.0. The average molecular weight is 308 g/mol. The summed E-state index contributed by atoms with van der Waals surface area (Å²) in [4.78, 5) is 24.9. The molecule has 3 rings (SSSR count). The maximum atomic E-state index is 12.5. The van der Waals surface area contributed by atoms with Crippen molar-refractivity contribution in [2.45, 2.75) is 26.3 Å². The van der Waals surface area contributed by atoms with E-state index < -0.39 is 5.41 Å². The molecule has 4 nitrogen and oxygen atoms in total. The number of hydrogen-bond acceptors (Lipinski definition) is 2. The van der Waals surface area contributed by atoms with Crippen molar-refractivity contribution >= 4 is 17.5 Å². The van der Waals surface area contributed by atoms with Crippen LogP contribution >= 0.6 is 0 Å². The number of carbonyl (C=O) groups is 2. The van der Waals surface area contributed by atoms with Crippen LogP contribution in [0, 0.1) is 12.3 Å². The molecule has 1 saturated carbocycles. The lowest BCUT2D eigenvalue weighted by Crippen LogP contribution is -2.39. The molecule has 0 unspecified atom stereocenters. The second-order valence-electron chi connectivity index (χ2n) is 6.01. The van der Waals surface area contributed by atoms with E-state index in [1.807, 2.05) is 61.5 Å². The van der Waals surface area contributed by atoms with E-state index in [1.165, 1.54) is 0 Å². The van der Waals surface area contributed by atoms with Crippen molar-refractivity contribution in [2.24, 2.45) is 5.41 Å². The molecule has 2 aromatic rings. The lowest BCUT2D eigenvalue weighted by molar-refractivity contribution is -0.134. The predicted octanol–water partition coefficient (Wildman–Crippen LogP) is 3.03. The predicted molar refractivity (Wildman–Crippen MR) is 89.8 cm³/mol. The molecule has 0 aromatic heterocycles. The summed E-state index contributed by atoms with van der Waals surface area (Å²) in [5, 5.41) is 5.74. The van der Waals surface area contributed by atoms with Gasteiger partial charge in [0, 0.05) is 12.2 Å². The summed E-state index contributed by atoms with van der Waals surface area (Å²) in [6.45, 7) is 2.46. The minimum atomic E-state index is -0.904. The molecular formula is C19H20N2O2. The van der Waals surface area contributed by atoms with Crippen LogP contribution in [0.3, 0.4) is 0 Å². The van der Waals surface area contributed by atoms with Gasteiger partial charge in [0.15, 0.2) is 0 Å². The molecular weight excluding hydrogens is 288 g/mol. The Morgan fingerprint density at radius 3 is 2.26 bits per heavy atom. The molecule has 0 heterocycles. The lowest BCUT2D eigenvalue weighted by Gasteiger charge is -2.16. The number of carbonyl (C=O) groups excluding carboxylic acids is 2. The van der Waals surface area contributed by atoms with Gasteiger partial charge in [-0.3, -0.25) is 9.59 Å². The highest BCUT2D eigenvalue weighted by molar-refractivity contribution is 6.13. The Kier molecular flexibility index (Phi) is 4.15. The molecule has 2 amide bonds. The summed E-state index contributed by atoms with van der Waals surface area (Å²) in [5.74, 6) is -0.403. The van der Waals surface area contributed by atoms with E-state index in [2.05, 4.69) is 10.6 Å². The zero-order valence-corrected chi connectivity index (χ0v) is 13.1. The van der Waals surface area contributed by atoms with Crippen LogP contribution < -0.4 is 10.6 Å². The number of para-hydroxylation sites is 1. The van der Waals surface area contributed by atoms with Crippen molar-refractivity contribution in [1.82, 2.24) is 5.32 Å². The first kappa shape index (κ1) is 15.3. The first-order chi connectivity index (χ1) is 11.1. The maximum Gasteiger partial charge on any atom is 0.240 e. The third kappa shape index (κ3) is 3.26. The Balaban J connectivity index is 1.62. The van der Waals surface area contributed by atoms with Gasteiger partial charge in [-0.2, -0.15) is 0 Å². The molecule has 118 valence electrons. The largest absolute Gasteiger partial charge is 0.351 e. The Hall–Kier alpha value is -2.62. The van der Waals surface area contributed by atoms with Crippen LogP contribution in [0.1, 0.15) is 24.0 Å². The standard InChI is InChI=1S/C19H20N2O2/c1-14-7-5-6-8-15(14)13-20-17(22)19(11-12-19)18(23)21-16-9-3-2-4-10-16/h2-10H,11-13H2,1H3,(H,20,22)(H,21,23). The van der Waals surface area contributed by atoms with Gasteiger partial charge in [0.1, 0.15) is 5.41 Å². The molecule has 4 heteroatoms. The summed E-state index contributed by atoms with van der Waals surface area (Å²) in [5.41, 5.74) is 2.01. The molecule has 1 aliphatic carbocycles. The van der Waals surface area contributed by atoms with Gasteiger partial charge in [-0.15, -0.1) is 0 Å². The molecule has 0 saturated heterocycles. The van der Waals surface area contributed by atoms with Crippen LogP contribution in [0.2, 0.25) is 0 Å². The van der Waals surface area contributed by atoms with Crippen molar-refractivity contribution in [3.05, 3.63) is 65.7 Å². The second kappa shape index (κ2) is 6.24. The summed E-state index contributed by atoms with van der Waals surface area (Å²) in [6.07, 6.45) is 1.20. The number of nitrogens with one attached hydrogen (secondary N) is 2. The van der Waals surface area contributed by atoms with Crippen molar-refractivity contribution in [3.8, 4) is 0 Å². The second-order valence-corrected chi connectivity index (χ2v) is 6.01. The van der Waals surface area contributed by atoms with E-state index in [9.17, 15) is 9.59 Å². The van der Waals surface area contributed by atoms with E-state index in [0.29, 0.717) is 19.4 Å². The molecule has 0 aliphatic heterocycles. The van der Waals surface area contributed by atoms with E-state index in [0.717, 1.165) is 16.8 Å². The van der Waals surface area contributed by atoms with E-state index >= 15 is 0 Å². The third-order valence-corrected chi connectivity index (χ3v) is 4.35. The van der Waals surface area contributed by atoms with Crippen molar-refractivity contribution in [2.75, 3.05) is 5.32 Å². The average Bonchev–Trinajstić information content (AvgIpc) is 3.37. The van der Waals surface area contributed by atoms with Crippen LogP contribution in [0.5, 0.6) is 0 Å². The van der Waals surface area contributed by atoms with E-state index in [4.69, 9.17) is 0 Å². The van der Waals surface area contributed by atoms with Gasteiger partial charge >= 0.3 is 0 Å². The minimum Gasteiger partial charge on any atom is -0.351 e. The van der Waals surface area contributed by atoms with Crippen LogP contribution in [-0.4, -0.2) is 11.8 Å². The quantitative estimate of drug-likeness (QED) is 0.834. The van der Waals surface area contributed by atoms with Crippen molar-refractivity contribution in [1.29, 1.82) is 0 Å². The monoisotopic (exact) mass is 308 g/mol. The highest BCUT2D eigenvalue weighted by Gasteiger charge is 2.56. The van der Waals surface area contributed by atoms with Gasteiger partial charge in [0.05, 0.1) is 0 Å². The van der Waals surface area contributed by atoms with Gasteiger partial charge in [-0.1, -0.05) is 42.5 Å². The number of rotatable bonds is 5. The fourth-order valence-electron chi connectivity index (χ4n) is 2.61. The number of amides is 2. The number of anilines is 1. The van der Waals surface area contributed by atoms with E-state index in [1.54, 1.807) is 0 Å². The number of hydrogen-bond donors (Lipinski definition) is 2.